The van der Waals surface area contributed by atoms with Crippen LogP contribution in [0.15, 0.2) is 72.4 Å². The number of rotatable bonds is 7. The SMILES string of the molecule is C=CCn1c(SC(C)C(=O)Nc2cccc(Cl)c2)nnc1-c1ccccc1. The Balaban J connectivity index is 1.77. The van der Waals surface area contributed by atoms with Crippen LogP contribution in [-0.4, -0.2) is 25.9 Å². The standard InChI is InChI=1S/C20H19ClN4OS/c1-3-12-25-18(15-8-5-4-6-9-15)23-24-20(25)27-14(2)19(26)22-17-11-7-10-16(21)13-17/h3-11,13-14H,1,12H2,2H3,(H,22,26). The number of nitrogens with zero attached hydrogens (tertiary/aromatic N) is 3. The number of benzene rings is 2. The summed E-state index contributed by atoms with van der Waals surface area (Å²) >= 11 is 7.32. The van der Waals surface area contributed by atoms with Crippen molar-refractivity contribution in [2.75, 3.05) is 5.32 Å². The number of carbonyl (C=O) groups is 1. The fourth-order valence-electron chi connectivity index (χ4n) is 2.49. The van der Waals surface area contributed by atoms with Gasteiger partial charge in [-0.1, -0.05) is 65.8 Å². The molecule has 1 atom stereocenters. The quantitative estimate of drug-likeness (QED) is 0.454. The van der Waals surface area contributed by atoms with Crippen molar-refractivity contribution in [1.82, 2.24) is 14.8 Å². The Morgan fingerprint density at radius 2 is 2.04 bits per heavy atom. The molecule has 5 nitrogen and oxygen atoms in total. The third-order valence-corrected chi connectivity index (χ3v) is 5.12. The fraction of sp³-hybridized carbons (Fsp3) is 0.150. The molecule has 0 saturated carbocycles. The summed E-state index contributed by atoms with van der Waals surface area (Å²) in [5.74, 6) is 0.622. The van der Waals surface area contributed by atoms with Crippen LogP contribution >= 0.6 is 23.4 Å². The third-order valence-electron chi connectivity index (χ3n) is 3.80. The summed E-state index contributed by atoms with van der Waals surface area (Å²) in [7, 11) is 0. The second-order valence-electron chi connectivity index (χ2n) is 5.83. The van der Waals surface area contributed by atoms with E-state index in [4.69, 9.17) is 11.6 Å². The predicted octanol–water partition coefficient (Wildman–Crippen LogP) is 4.90. The van der Waals surface area contributed by atoms with Gasteiger partial charge in [-0.05, 0) is 25.1 Å². The van der Waals surface area contributed by atoms with Gasteiger partial charge in [0.05, 0.1) is 5.25 Å². The zero-order chi connectivity index (χ0) is 19.2. The molecule has 3 rings (SSSR count). The minimum atomic E-state index is -0.361. The highest BCUT2D eigenvalue weighted by Gasteiger charge is 2.20. The minimum absolute atomic E-state index is 0.128. The Labute approximate surface area is 167 Å². The number of halogens is 1. The molecule has 0 aliphatic rings. The van der Waals surface area contributed by atoms with Crippen LogP contribution in [0.5, 0.6) is 0 Å². The largest absolute Gasteiger partial charge is 0.325 e. The van der Waals surface area contributed by atoms with E-state index in [1.807, 2.05) is 41.8 Å². The molecule has 0 aliphatic carbocycles. The summed E-state index contributed by atoms with van der Waals surface area (Å²) in [6.07, 6.45) is 1.79. The summed E-state index contributed by atoms with van der Waals surface area (Å²) in [6, 6.07) is 16.9. The van der Waals surface area contributed by atoms with E-state index in [-0.39, 0.29) is 11.2 Å². The van der Waals surface area contributed by atoms with Gasteiger partial charge in [0.25, 0.3) is 0 Å². The van der Waals surface area contributed by atoms with Gasteiger partial charge in [0.15, 0.2) is 11.0 Å². The van der Waals surface area contributed by atoms with Crippen molar-refractivity contribution >= 4 is 35.0 Å². The van der Waals surface area contributed by atoms with Crippen LogP contribution in [0, 0.1) is 0 Å². The highest BCUT2D eigenvalue weighted by molar-refractivity contribution is 8.00. The number of allylic oxidation sites excluding steroid dienone is 1. The molecular formula is C20H19ClN4OS. The summed E-state index contributed by atoms with van der Waals surface area (Å²) in [5, 5.41) is 12.3. The van der Waals surface area contributed by atoms with E-state index >= 15 is 0 Å². The molecule has 1 aromatic heterocycles. The Kier molecular flexibility index (Phi) is 6.32. The average molecular weight is 399 g/mol. The Hall–Kier alpha value is -2.57. The first-order valence-electron chi connectivity index (χ1n) is 8.41. The van der Waals surface area contributed by atoms with Crippen molar-refractivity contribution in [3.63, 3.8) is 0 Å². The molecule has 7 heteroatoms. The normalized spacial score (nSPS) is 11.8. The summed E-state index contributed by atoms with van der Waals surface area (Å²) in [6.45, 7) is 6.20. The maximum absolute atomic E-state index is 12.5. The van der Waals surface area contributed by atoms with Gasteiger partial charge in [-0.25, -0.2) is 0 Å². The number of aromatic nitrogens is 3. The second kappa shape index (κ2) is 8.88. The average Bonchev–Trinajstić information content (AvgIpc) is 3.05. The number of carbonyl (C=O) groups excluding carboxylic acids is 1. The van der Waals surface area contributed by atoms with Gasteiger partial charge < -0.3 is 5.32 Å². The highest BCUT2D eigenvalue weighted by Crippen LogP contribution is 2.27. The molecule has 0 bridgehead atoms. The zero-order valence-electron chi connectivity index (χ0n) is 14.8. The lowest BCUT2D eigenvalue weighted by Crippen LogP contribution is -2.23. The van der Waals surface area contributed by atoms with Gasteiger partial charge in [0, 0.05) is 22.8 Å². The topological polar surface area (TPSA) is 59.8 Å². The van der Waals surface area contributed by atoms with Gasteiger partial charge in [0.1, 0.15) is 0 Å². The van der Waals surface area contributed by atoms with Crippen LogP contribution in [0.2, 0.25) is 5.02 Å². The van der Waals surface area contributed by atoms with Crippen LogP contribution in [0.25, 0.3) is 11.4 Å². The first-order valence-corrected chi connectivity index (χ1v) is 9.67. The molecule has 1 unspecified atom stereocenters. The molecule has 1 heterocycles. The van der Waals surface area contributed by atoms with E-state index in [0.717, 1.165) is 11.4 Å². The van der Waals surface area contributed by atoms with E-state index in [1.54, 1.807) is 30.3 Å². The van der Waals surface area contributed by atoms with Gasteiger partial charge in [-0.2, -0.15) is 0 Å². The smallest absolute Gasteiger partial charge is 0.237 e. The number of amides is 1. The van der Waals surface area contributed by atoms with Crippen molar-refractivity contribution in [3.05, 3.63) is 72.3 Å². The fourth-order valence-corrected chi connectivity index (χ4v) is 3.54. The van der Waals surface area contributed by atoms with Crippen LogP contribution < -0.4 is 5.32 Å². The zero-order valence-corrected chi connectivity index (χ0v) is 16.4. The number of thioether (sulfide) groups is 1. The summed E-state index contributed by atoms with van der Waals surface area (Å²) in [4.78, 5) is 12.5. The highest BCUT2D eigenvalue weighted by atomic mass is 35.5. The number of hydrogen-bond donors (Lipinski definition) is 1. The predicted molar refractivity (Wildman–Crippen MR) is 111 cm³/mol. The van der Waals surface area contributed by atoms with Gasteiger partial charge in [0.2, 0.25) is 5.91 Å². The molecule has 0 spiro atoms. The van der Waals surface area contributed by atoms with E-state index in [0.29, 0.717) is 22.4 Å². The number of hydrogen-bond acceptors (Lipinski definition) is 4. The van der Waals surface area contributed by atoms with E-state index in [1.165, 1.54) is 11.8 Å². The van der Waals surface area contributed by atoms with Crippen molar-refractivity contribution in [2.24, 2.45) is 0 Å². The molecule has 0 radical (unpaired) electrons. The molecule has 0 fully saturated rings. The molecule has 2 aromatic carbocycles. The monoisotopic (exact) mass is 398 g/mol. The lowest BCUT2D eigenvalue weighted by molar-refractivity contribution is -0.115. The number of anilines is 1. The van der Waals surface area contributed by atoms with E-state index in [9.17, 15) is 4.79 Å². The Morgan fingerprint density at radius 3 is 2.74 bits per heavy atom. The maximum Gasteiger partial charge on any atom is 0.237 e. The maximum atomic E-state index is 12.5. The van der Waals surface area contributed by atoms with Crippen LogP contribution in [0.4, 0.5) is 5.69 Å². The first kappa shape index (κ1) is 19.2. The third kappa shape index (κ3) is 4.78. The molecule has 0 saturated heterocycles. The second-order valence-corrected chi connectivity index (χ2v) is 7.58. The van der Waals surface area contributed by atoms with Crippen molar-refractivity contribution in [1.29, 1.82) is 0 Å². The van der Waals surface area contributed by atoms with Crippen molar-refractivity contribution < 1.29 is 4.79 Å². The Morgan fingerprint density at radius 1 is 1.26 bits per heavy atom. The molecule has 0 aliphatic heterocycles. The Bertz CT molecular complexity index is 942. The molecule has 1 N–H and O–H groups in total. The summed E-state index contributed by atoms with van der Waals surface area (Å²) in [5.41, 5.74) is 1.63. The van der Waals surface area contributed by atoms with Gasteiger partial charge in [-0.3, -0.25) is 9.36 Å². The summed E-state index contributed by atoms with van der Waals surface area (Å²) < 4.78 is 1.95. The van der Waals surface area contributed by atoms with Gasteiger partial charge >= 0.3 is 0 Å². The minimum Gasteiger partial charge on any atom is -0.325 e. The lowest BCUT2D eigenvalue weighted by Gasteiger charge is -2.13. The molecular weight excluding hydrogens is 380 g/mol. The first-order chi connectivity index (χ1) is 13.1. The van der Waals surface area contributed by atoms with Crippen molar-refractivity contribution in [2.45, 2.75) is 23.9 Å². The molecule has 138 valence electrons. The molecule has 27 heavy (non-hydrogen) atoms. The lowest BCUT2D eigenvalue weighted by atomic mass is 10.2. The van der Waals surface area contributed by atoms with Crippen molar-refractivity contribution in [3.8, 4) is 11.4 Å². The van der Waals surface area contributed by atoms with Gasteiger partial charge in [-0.15, -0.1) is 16.8 Å². The van der Waals surface area contributed by atoms with Crippen LogP contribution in [0.3, 0.4) is 0 Å². The van der Waals surface area contributed by atoms with Crippen LogP contribution in [0.1, 0.15) is 6.92 Å². The van der Waals surface area contributed by atoms with E-state index < -0.39 is 0 Å². The number of nitrogens with one attached hydrogen (secondary N) is 1. The molecule has 1 amide bonds. The molecule has 3 aromatic rings. The van der Waals surface area contributed by atoms with E-state index in [2.05, 4.69) is 22.1 Å². The van der Waals surface area contributed by atoms with Crippen LogP contribution in [-0.2, 0) is 11.3 Å².